The lowest BCUT2D eigenvalue weighted by molar-refractivity contribution is 0.355. The molecule has 0 aliphatic heterocycles. The number of aryl methyl sites for hydroxylation is 2. The number of benzene rings is 4. The van der Waals surface area contributed by atoms with Crippen LogP contribution >= 0.6 is 0 Å². The molecule has 6 rings (SSSR count). The summed E-state index contributed by atoms with van der Waals surface area (Å²) in [5, 5.41) is 0. The molecule has 1 N–H and O–H groups in total. The Kier molecular flexibility index (Phi) is 7.59. The Labute approximate surface area is 233 Å². The summed E-state index contributed by atoms with van der Waals surface area (Å²) in [5.41, 5.74) is 8.43. The first kappa shape index (κ1) is 26.6. The van der Waals surface area contributed by atoms with Crippen molar-refractivity contribution in [2.75, 3.05) is 28.4 Å². The highest BCUT2D eigenvalue weighted by molar-refractivity contribution is 5.80. The maximum Gasteiger partial charge on any atom is 0.162 e. The van der Waals surface area contributed by atoms with Gasteiger partial charge in [0.05, 0.1) is 56.2 Å². The van der Waals surface area contributed by atoms with E-state index in [1.165, 1.54) is 11.1 Å². The summed E-state index contributed by atoms with van der Waals surface area (Å²) in [7, 11) is 6.52. The van der Waals surface area contributed by atoms with Crippen molar-refractivity contribution < 1.29 is 18.9 Å². The quantitative estimate of drug-likeness (QED) is 0.249. The van der Waals surface area contributed by atoms with Gasteiger partial charge < -0.3 is 23.9 Å². The van der Waals surface area contributed by atoms with Crippen LogP contribution in [0.2, 0.25) is 0 Å². The molecule has 0 spiro atoms. The van der Waals surface area contributed by atoms with Crippen molar-refractivity contribution >= 4 is 22.1 Å². The number of hydrogen-bond acceptors (Lipinski definition) is 6. The number of rotatable bonds is 6. The summed E-state index contributed by atoms with van der Waals surface area (Å²) in [6, 6.07) is 24.0. The Bertz CT molecular complexity index is 1780. The van der Waals surface area contributed by atoms with Gasteiger partial charge in [-0.3, -0.25) is 4.57 Å². The predicted octanol–water partition coefficient (Wildman–Crippen LogP) is 6.91. The van der Waals surface area contributed by atoms with Crippen LogP contribution in [0.4, 0.5) is 0 Å². The molecule has 0 aliphatic carbocycles. The van der Waals surface area contributed by atoms with Gasteiger partial charge in [0.15, 0.2) is 23.0 Å². The third-order valence-corrected chi connectivity index (χ3v) is 6.64. The summed E-state index contributed by atoms with van der Waals surface area (Å²) in [6.07, 6.45) is 1.82. The number of methoxy groups -OCH3 is 4. The van der Waals surface area contributed by atoms with Crippen LogP contribution in [0.5, 0.6) is 23.0 Å². The fourth-order valence-electron chi connectivity index (χ4n) is 4.55. The molecule has 0 aliphatic rings. The zero-order valence-electron chi connectivity index (χ0n) is 23.5. The van der Waals surface area contributed by atoms with E-state index in [1.807, 2.05) is 53.4 Å². The number of ether oxygens (including phenoxy) is 4. The maximum atomic E-state index is 5.35. The molecule has 204 valence electrons. The number of nitrogens with zero attached hydrogens (tertiary/aromatic N) is 3. The van der Waals surface area contributed by atoms with E-state index in [-0.39, 0.29) is 0 Å². The molecule has 0 atom stereocenters. The smallest absolute Gasteiger partial charge is 0.162 e. The van der Waals surface area contributed by atoms with Crippen LogP contribution in [-0.2, 0) is 0 Å². The van der Waals surface area contributed by atoms with E-state index in [1.54, 1.807) is 28.4 Å². The molecular formula is C32H32N4O4. The van der Waals surface area contributed by atoms with E-state index < -0.39 is 0 Å². The summed E-state index contributed by atoms with van der Waals surface area (Å²) >= 11 is 0. The number of imidazole rings is 2. The summed E-state index contributed by atoms with van der Waals surface area (Å²) in [5.74, 6) is 3.66. The molecule has 0 unspecified atom stereocenters. The Morgan fingerprint density at radius 3 is 2.00 bits per heavy atom. The van der Waals surface area contributed by atoms with E-state index in [2.05, 4.69) is 59.1 Å². The van der Waals surface area contributed by atoms with Gasteiger partial charge in [-0.05, 0) is 79.6 Å². The second kappa shape index (κ2) is 11.4. The van der Waals surface area contributed by atoms with Crippen molar-refractivity contribution in [3.05, 3.63) is 90.3 Å². The van der Waals surface area contributed by atoms with Crippen molar-refractivity contribution in [1.82, 2.24) is 19.5 Å². The molecule has 8 nitrogen and oxygen atoms in total. The molecular weight excluding hydrogens is 504 g/mol. The van der Waals surface area contributed by atoms with Crippen LogP contribution < -0.4 is 18.9 Å². The van der Waals surface area contributed by atoms with Gasteiger partial charge in [0.1, 0.15) is 12.2 Å². The molecule has 0 saturated heterocycles. The van der Waals surface area contributed by atoms with E-state index in [4.69, 9.17) is 18.9 Å². The van der Waals surface area contributed by atoms with E-state index in [0.717, 1.165) is 44.9 Å². The Balaban J connectivity index is 0.000000161. The molecule has 0 fully saturated rings. The minimum Gasteiger partial charge on any atom is -0.493 e. The maximum absolute atomic E-state index is 5.35. The minimum absolute atomic E-state index is 0.696. The SMILES string of the molecule is COc1ccc(-c2nc3ccc(C)cc3[nH]2)cc1OC.COc1ccc(-n2cnc3cc(C)ccc32)cc1OC. The molecule has 4 aromatic carbocycles. The highest BCUT2D eigenvalue weighted by atomic mass is 16.5. The molecule has 8 heteroatoms. The second-order valence-corrected chi connectivity index (χ2v) is 9.32. The summed E-state index contributed by atoms with van der Waals surface area (Å²) in [6.45, 7) is 4.13. The van der Waals surface area contributed by atoms with Crippen LogP contribution in [0.25, 0.3) is 39.1 Å². The molecule has 2 aromatic heterocycles. The third kappa shape index (κ3) is 5.29. The number of aromatic nitrogens is 4. The lowest BCUT2D eigenvalue weighted by Gasteiger charge is -2.10. The Morgan fingerprint density at radius 1 is 0.625 bits per heavy atom. The van der Waals surface area contributed by atoms with Crippen molar-refractivity contribution in [1.29, 1.82) is 0 Å². The first-order valence-corrected chi connectivity index (χ1v) is 12.8. The molecule has 2 heterocycles. The van der Waals surface area contributed by atoms with Gasteiger partial charge in [-0.15, -0.1) is 0 Å². The van der Waals surface area contributed by atoms with Crippen molar-refractivity contribution in [2.45, 2.75) is 13.8 Å². The van der Waals surface area contributed by atoms with E-state index in [9.17, 15) is 0 Å². The van der Waals surface area contributed by atoms with Crippen molar-refractivity contribution in [2.24, 2.45) is 0 Å². The van der Waals surface area contributed by atoms with Crippen LogP contribution in [0, 0.1) is 13.8 Å². The van der Waals surface area contributed by atoms with Gasteiger partial charge >= 0.3 is 0 Å². The molecule has 0 saturated carbocycles. The fraction of sp³-hybridized carbons (Fsp3) is 0.188. The number of fused-ring (bicyclic) bond motifs is 2. The molecule has 6 aromatic rings. The molecule has 40 heavy (non-hydrogen) atoms. The molecule has 0 radical (unpaired) electrons. The van der Waals surface area contributed by atoms with Gasteiger partial charge in [-0.1, -0.05) is 12.1 Å². The zero-order valence-corrected chi connectivity index (χ0v) is 23.5. The molecule has 0 amide bonds. The van der Waals surface area contributed by atoms with E-state index >= 15 is 0 Å². The zero-order chi connectivity index (χ0) is 28.2. The van der Waals surface area contributed by atoms with Gasteiger partial charge in [0.25, 0.3) is 0 Å². The van der Waals surface area contributed by atoms with Crippen LogP contribution in [0.3, 0.4) is 0 Å². The first-order valence-electron chi connectivity index (χ1n) is 12.8. The number of hydrogen-bond donors (Lipinski definition) is 1. The number of nitrogens with one attached hydrogen (secondary N) is 1. The van der Waals surface area contributed by atoms with Crippen LogP contribution in [0.15, 0.2) is 79.1 Å². The lowest BCUT2D eigenvalue weighted by atomic mass is 10.2. The Hall–Kier alpha value is -4.98. The number of H-pyrrole nitrogens is 1. The summed E-state index contributed by atoms with van der Waals surface area (Å²) in [4.78, 5) is 12.4. The first-order chi connectivity index (χ1) is 19.4. The Morgan fingerprint density at radius 2 is 1.27 bits per heavy atom. The van der Waals surface area contributed by atoms with Gasteiger partial charge in [0, 0.05) is 11.6 Å². The minimum atomic E-state index is 0.696. The predicted molar refractivity (Wildman–Crippen MR) is 158 cm³/mol. The second-order valence-electron chi connectivity index (χ2n) is 9.32. The standard InChI is InChI=1S/2C16H16N2O2/c1-11-4-6-14-13(8-11)17-10-18(14)12-5-7-15(19-2)16(9-12)20-3;1-10-4-6-12-13(8-10)18-16(17-12)11-5-7-14(19-2)15(9-11)20-3/h4-10H,1-3H3;4-9H,1-3H3,(H,17,18). The third-order valence-electron chi connectivity index (χ3n) is 6.64. The topological polar surface area (TPSA) is 83.4 Å². The van der Waals surface area contributed by atoms with Gasteiger partial charge in [0.2, 0.25) is 0 Å². The van der Waals surface area contributed by atoms with Crippen LogP contribution in [0.1, 0.15) is 11.1 Å². The molecule has 0 bridgehead atoms. The lowest BCUT2D eigenvalue weighted by Crippen LogP contribution is -1.95. The fourth-order valence-corrected chi connectivity index (χ4v) is 4.55. The highest BCUT2D eigenvalue weighted by Crippen LogP contribution is 2.32. The van der Waals surface area contributed by atoms with Crippen molar-refractivity contribution in [3.8, 4) is 40.1 Å². The van der Waals surface area contributed by atoms with Gasteiger partial charge in [-0.2, -0.15) is 0 Å². The van der Waals surface area contributed by atoms with Gasteiger partial charge in [-0.25, -0.2) is 9.97 Å². The average Bonchev–Trinajstić information content (AvgIpc) is 3.60. The van der Waals surface area contributed by atoms with Crippen molar-refractivity contribution in [3.63, 3.8) is 0 Å². The average molecular weight is 537 g/mol. The normalized spacial score (nSPS) is 10.8. The number of aromatic amines is 1. The highest BCUT2D eigenvalue weighted by Gasteiger charge is 2.11. The largest absolute Gasteiger partial charge is 0.493 e. The van der Waals surface area contributed by atoms with E-state index in [0.29, 0.717) is 17.2 Å². The monoisotopic (exact) mass is 536 g/mol. The summed E-state index contributed by atoms with van der Waals surface area (Å²) < 4.78 is 23.2. The van der Waals surface area contributed by atoms with Crippen LogP contribution in [-0.4, -0.2) is 48.0 Å².